The normalized spacial score (nSPS) is 11.9. The maximum Gasteiger partial charge on any atom is 0.247 e. The number of phenolic OH excluding ortho intramolecular Hbond substituents is 2. The van der Waals surface area contributed by atoms with Crippen molar-refractivity contribution < 1.29 is 15.0 Å². The predicted molar refractivity (Wildman–Crippen MR) is 85.1 cm³/mol. The van der Waals surface area contributed by atoms with Crippen molar-refractivity contribution in [1.82, 2.24) is 4.90 Å². The Labute approximate surface area is 126 Å². The lowest BCUT2D eigenvalue weighted by Gasteiger charge is -2.29. The van der Waals surface area contributed by atoms with Gasteiger partial charge in [-0.25, -0.2) is 0 Å². The quantitative estimate of drug-likeness (QED) is 0.496. The molecule has 0 aliphatic heterocycles. The number of nitrogens with zero attached hydrogens (tertiary/aromatic N) is 1. The summed E-state index contributed by atoms with van der Waals surface area (Å²) < 4.78 is 0. The first kappa shape index (κ1) is 16.8. The van der Waals surface area contributed by atoms with Crippen molar-refractivity contribution in [2.45, 2.75) is 39.8 Å². The third-order valence-corrected chi connectivity index (χ3v) is 3.01. The number of phenols is 2. The number of carbonyl (C=O) groups excluding carboxylic acids is 1. The van der Waals surface area contributed by atoms with Crippen molar-refractivity contribution in [1.29, 1.82) is 0 Å². The molecule has 0 unspecified atom stereocenters. The number of hydrogen-bond donors (Lipinski definition) is 2. The predicted octanol–water partition coefficient (Wildman–Crippen LogP) is 3.31. The van der Waals surface area contributed by atoms with Gasteiger partial charge in [-0.1, -0.05) is 24.3 Å². The van der Waals surface area contributed by atoms with Crippen LogP contribution in [0.5, 0.6) is 11.5 Å². The second-order valence-electron chi connectivity index (χ2n) is 5.40. The number of amides is 1. The van der Waals surface area contributed by atoms with Crippen LogP contribution in [0.2, 0.25) is 0 Å². The van der Waals surface area contributed by atoms with E-state index in [1.54, 1.807) is 29.2 Å². The molecule has 114 valence electrons. The van der Waals surface area contributed by atoms with E-state index in [1.165, 1.54) is 18.2 Å². The first-order valence-corrected chi connectivity index (χ1v) is 7.02. The van der Waals surface area contributed by atoms with Gasteiger partial charge in [-0.05, 0) is 45.4 Å². The minimum atomic E-state index is -0.164. The SMILES string of the molecule is CC(C)N(C(=O)/C=C/C=C/c1ccc(O)c(O)c1)C(C)C. The lowest BCUT2D eigenvalue weighted by molar-refractivity contribution is -0.129. The molecule has 0 spiro atoms. The van der Waals surface area contributed by atoms with Crippen LogP contribution in [0.15, 0.2) is 36.4 Å². The number of hydrogen-bond acceptors (Lipinski definition) is 3. The van der Waals surface area contributed by atoms with Gasteiger partial charge in [0, 0.05) is 18.2 Å². The average Bonchev–Trinajstić information content (AvgIpc) is 2.38. The zero-order chi connectivity index (χ0) is 16.0. The molecule has 0 fully saturated rings. The van der Waals surface area contributed by atoms with Crippen molar-refractivity contribution in [3.8, 4) is 11.5 Å². The van der Waals surface area contributed by atoms with E-state index < -0.39 is 0 Å². The number of aromatic hydroxyl groups is 2. The van der Waals surface area contributed by atoms with Crippen LogP contribution in [0.1, 0.15) is 33.3 Å². The minimum Gasteiger partial charge on any atom is -0.504 e. The highest BCUT2D eigenvalue weighted by Gasteiger charge is 2.16. The molecule has 0 aliphatic carbocycles. The summed E-state index contributed by atoms with van der Waals surface area (Å²) >= 11 is 0. The van der Waals surface area contributed by atoms with Crippen LogP contribution in [-0.2, 0) is 4.79 Å². The summed E-state index contributed by atoms with van der Waals surface area (Å²) in [5.41, 5.74) is 0.743. The molecule has 0 heterocycles. The van der Waals surface area contributed by atoms with E-state index in [9.17, 15) is 15.0 Å². The van der Waals surface area contributed by atoms with E-state index in [4.69, 9.17) is 0 Å². The molecule has 1 aromatic rings. The molecule has 0 saturated heterocycles. The molecular formula is C17H23NO3. The Kier molecular flexibility index (Phi) is 6.03. The Morgan fingerprint density at radius 3 is 2.19 bits per heavy atom. The molecule has 4 heteroatoms. The van der Waals surface area contributed by atoms with Gasteiger partial charge in [0.25, 0.3) is 0 Å². The smallest absolute Gasteiger partial charge is 0.247 e. The minimum absolute atomic E-state index is 0.0294. The Balaban J connectivity index is 2.70. The molecule has 0 bridgehead atoms. The molecule has 1 rings (SSSR count). The number of rotatable bonds is 5. The monoisotopic (exact) mass is 289 g/mol. The van der Waals surface area contributed by atoms with E-state index in [1.807, 2.05) is 27.7 Å². The fourth-order valence-electron chi connectivity index (χ4n) is 2.14. The van der Waals surface area contributed by atoms with Gasteiger partial charge < -0.3 is 15.1 Å². The van der Waals surface area contributed by atoms with Crippen LogP contribution in [0.25, 0.3) is 6.08 Å². The Morgan fingerprint density at radius 1 is 1.05 bits per heavy atom. The van der Waals surface area contributed by atoms with E-state index in [0.29, 0.717) is 0 Å². The summed E-state index contributed by atoms with van der Waals surface area (Å²) in [6.45, 7) is 7.95. The Hall–Kier alpha value is -2.23. The van der Waals surface area contributed by atoms with Crippen molar-refractivity contribution in [3.63, 3.8) is 0 Å². The lowest BCUT2D eigenvalue weighted by atomic mass is 10.2. The second-order valence-corrected chi connectivity index (χ2v) is 5.40. The fourth-order valence-corrected chi connectivity index (χ4v) is 2.14. The topological polar surface area (TPSA) is 60.8 Å². The van der Waals surface area contributed by atoms with Crippen LogP contribution >= 0.6 is 0 Å². The summed E-state index contributed by atoms with van der Waals surface area (Å²) in [6, 6.07) is 4.86. The zero-order valence-electron chi connectivity index (χ0n) is 12.9. The molecule has 0 atom stereocenters. The first-order valence-electron chi connectivity index (χ1n) is 7.02. The number of carbonyl (C=O) groups is 1. The number of allylic oxidation sites excluding steroid dienone is 2. The van der Waals surface area contributed by atoms with Gasteiger partial charge in [-0.3, -0.25) is 4.79 Å². The van der Waals surface area contributed by atoms with Gasteiger partial charge in [0.15, 0.2) is 11.5 Å². The molecule has 0 aliphatic rings. The van der Waals surface area contributed by atoms with Gasteiger partial charge >= 0.3 is 0 Å². The molecule has 2 N–H and O–H groups in total. The average molecular weight is 289 g/mol. The fraction of sp³-hybridized carbons (Fsp3) is 0.353. The van der Waals surface area contributed by atoms with Crippen LogP contribution in [-0.4, -0.2) is 33.1 Å². The molecular weight excluding hydrogens is 266 g/mol. The highest BCUT2D eigenvalue weighted by Crippen LogP contribution is 2.25. The summed E-state index contributed by atoms with van der Waals surface area (Å²) in [4.78, 5) is 13.9. The molecule has 1 amide bonds. The number of benzene rings is 1. The standard InChI is InChI=1S/C17H23NO3/c1-12(2)18(13(3)4)17(21)8-6-5-7-14-9-10-15(19)16(20)11-14/h5-13,19-20H,1-4H3/b7-5+,8-6+. The van der Waals surface area contributed by atoms with Gasteiger partial charge in [0.1, 0.15) is 0 Å². The molecule has 1 aromatic carbocycles. The van der Waals surface area contributed by atoms with Crippen molar-refractivity contribution in [3.05, 3.63) is 42.0 Å². The van der Waals surface area contributed by atoms with Gasteiger partial charge in [0.05, 0.1) is 0 Å². The summed E-state index contributed by atoms with van der Waals surface area (Å²) in [7, 11) is 0. The van der Waals surface area contributed by atoms with Crippen molar-refractivity contribution in [2.75, 3.05) is 0 Å². The van der Waals surface area contributed by atoms with E-state index in [0.717, 1.165) is 5.56 Å². The van der Waals surface area contributed by atoms with Crippen molar-refractivity contribution in [2.24, 2.45) is 0 Å². The van der Waals surface area contributed by atoms with Crippen molar-refractivity contribution >= 4 is 12.0 Å². The third kappa shape index (κ3) is 4.99. The van der Waals surface area contributed by atoms with Crippen LogP contribution < -0.4 is 0 Å². The highest BCUT2D eigenvalue weighted by atomic mass is 16.3. The van der Waals surface area contributed by atoms with Gasteiger partial charge in [-0.2, -0.15) is 0 Å². The zero-order valence-corrected chi connectivity index (χ0v) is 12.9. The Bertz CT molecular complexity index is 537. The molecule has 0 radical (unpaired) electrons. The molecule has 0 aromatic heterocycles. The summed E-state index contributed by atoms with van der Waals surface area (Å²) in [5.74, 6) is -0.344. The van der Waals surface area contributed by atoms with Crippen LogP contribution in [0.3, 0.4) is 0 Å². The molecule has 21 heavy (non-hydrogen) atoms. The maximum absolute atomic E-state index is 12.1. The second kappa shape index (κ2) is 7.53. The van der Waals surface area contributed by atoms with Crippen LogP contribution in [0.4, 0.5) is 0 Å². The Morgan fingerprint density at radius 2 is 1.67 bits per heavy atom. The lowest BCUT2D eigenvalue weighted by Crippen LogP contribution is -2.41. The summed E-state index contributed by atoms with van der Waals surface area (Å²) in [5, 5.41) is 18.6. The largest absolute Gasteiger partial charge is 0.504 e. The van der Waals surface area contributed by atoms with Crippen LogP contribution in [0, 0.1) is 0 Å². The molecule has 0 saturated carbocycles. The van der Waals surface area contributed by atoms with Gasteiger partial charge in [0.2, 0.25) is 5.91 Å². The van der Waals surface area contributed by atoms with E-state index >= 15 is 0 Å². The van der Waals surface area contributed by atoms with E-state index in [-0.39, 0.29) is 29.5 Å². The first-order chi connectivity index (χ1) is 9.82. The summed E-state index contributed by atoms with van der Waals surface area (Å²) in [6.07, 6.45) is 6.67. The highest BCUT2D eigenvalue weighted by molar-refractivity contribution is 5.88. The molecule has 4 nitrogen and oxygen atoms in total. The maximum atomic E-state index is 12.1. The van der Waals surface area contributed by atoms with E-state index in [2.05, 4.69) is 0 Å². The van der Waals surface area contributed by atoms with Gasteiger partial charge in [-0.15, -0.1) is 0 Å². The third-order valence-electron chi connectivity index (χ3n) is 3.01.